The predicted octanol–water partition coefficient (Wildman–Crippen LogP) is 3.56. The third kappa shape index (κ3) is 4.09. The van der Waals surface area contributed by atoms with Crippen LogP contribution in [0, 0.1) is 0 Å². The van der Waals surface area contributed by atoms with E-state index in [1.165, 1.54) is 5.19 Å². The number of hydrogen-bond donors (Lipinski definition) is 1. The number of rotatable bonds is 6. The quantitative estimate of drug-likeness (QED) is 0.501. The average Bonchev–Trinajstić information content (AvgIpc) is 2.53. The fraction of sp³-hybridized carbons (Fsp3) is 0.294. The van der Waals surface area contributed by atoms with Gasteiger partial charge in [0.2, 0.25) is 0 Å². The maximum atomic E-state index is 5.89. The van der Waals surface area contributed by atoms with Crippen LogP contribution in [0.15, 0.2) is 42.5 Å². The molecule has 121 valence electrons. The molecule has 1 radical (unpaired) electrons. The molecule has 0 aliphatic rings. The second-order valence-corrected chi connectivity index (χ2v) is 11.4. The number of nitrogens with zero attached hydrogens (tertiary/aromatic N) is 1. The van der Waals surface area contributed by atoms with Crippen LogP contribution >= 0.6 is 0 Å². The molecular weight excluding hydrogens is 303 g/mol. The molecule has 0 aliphatic heterocycles. The first-order valence-corrected chi connectivity index (χ1v) is 11.2. The molecule has 2 aromatic carbocycles. The standard InChI is InChI=1S/C17H24BN2O2Si/c1-18-22-20(14-8-11-16(19)17(12-14)21-2)13-6-9-15(10-7-13)23(3,4)5/h6-12H,19H2,1-5H3. The van der Waals surface area contributed by atoms with Gasteiger partial charge in [0.15, 0.2) is 0 Å². The van der Waals surface area contributed by atoms with Crippen LogP contribution in [0.4, 0.5) is 17.1 Å². The summed E-state index contributed by atoms with van der Waals surface area (Å²) in [5.41, 5.74) is 8.31. The Morgan fingerprint density at radius 3 is 2.13 bits per heavy atom. The number of nitrogen functional groups attached to an aromatic ring is 1. The van der Waals surface area contributed by atoms with Gasteiger partial charge in [-0.25, -0.2) is 5.06 Å². The number of anilines is 3. The molecule has 0 unspecified atom stereocenters. The van der Waals surface area contributed by atoms with E-state index in [0.29, 0.717) is 11.4 Å². The Kier molecular flexibility index (Phi) is 5.39. The monoisotopic (exact) mass is 327 g/mol. The number of nitrogens with two attached hydrogens (primary N) is 1. The second kappa shape index (κ2) is 7.10. The first kappa shape index (κ1) is 17.4. The third-order valence-electron chi connectivity index (χ3n) is 3.63. The van der Waals surface area contributed by atoms with Crippen LogP contribution in [0.3, 0.4) is 0 Å². The summed E-state index contributed by atoms with van der Waals surface area (Å²) in [6, 6.07) is 14.1. The average molecular weight is 327 g/mol. The van der Waals surface area contributed by atoms with Crippen molar-refractivity contribution in [1.29, 1.82) is 0 Å². The highest BCUT2D eigenvalue weighted by Gasteiger charge is 2.17. The molecule has 23 heavy (non-hydrogen) atoms. The molecule has 0 saturated heterocycles. The molecule has 0 saturated carbocycles. The highest BCUT2D eigenvalue weighted by atomic mass is 28.3. The summed E-state index contributed by atoms with van der Waals surface area (Å²) in [5, 5.41) is 3.17. The first-order valence-electron chi connectivity index (χ1n) is 7.65. The van der Waals surface area contributed by atoms with E-state index in [4.69, 9.17) is 15.2 Å². The highest BCUT2D eigenvalue weighted by Crippen LogP contribution is 2.31. The van der Waals surface area contributed by atoms with Crippen molar-refractivity contribution in [2.45, 2.75) is 26.5 Å². The molecule has 4 nitrogen and oxygen atoms in total. The lowest BCUT2D eigenvalue weighted by Crippen LogP contribution is -2.37. The topological polar surface area (TPSA) is 47.7 Å². The lowest BCUT2D eigenvalue weighted by atomic mass is 10.1. The number of benzene rings is 2. The molecule has 0 spiro atoms. The molecule has 0 fully saturated rings. The molecule has 0 atom stereocenters. The lowest BCUT2D eigenvalue weighted by molar-refractivity contribution is 0.345. The summed E-state index contributed by atoms with van der Waals surface area (Å²) < 4.78 is 11.0. The lowest BCUT2D eigenvalue weighted by Gasteiger charge is -2.26. The van der Waals surface area contributed by atoms with Crippen molar-refractivity contribution in [2.24, 2.45) is 0 Å². The Bertz CT molecular complexity index is 657. The molecule has 0 aliphatic carbocycles. The van der Waals surface area contributed by atoms with E-state index in [0.717, 1.165) is 11.4 Å². The molecule has 2 N–H and O–H groups in total. The second-order valence-electron chi connectivity index (χ2n) is 6.36. The van der Waals surface area contributed by atoms with Crippen molar-refractivity contribution < 1.29 is 9.49 Å². The summed E-state index contributed by atoms with van der Waals surface area (Å²) in [6.45, 7) is 8.85. The Labute approximate surface area is 140 Å². The Morgan fingerprint density at radius 2 is 1.61 bits per heavy atom. The molecule has 0 heterocycles. The summed E-state index contributed by atoms with van der Waals surface area (Å²) >= 11 is 0. The zero-order valence-electron chi connectivity index (χ0n) is 14.5. The summed E-state index contributed by atoms with van der Waals surface area (Å²) in [6.07, 6.45) is 0. The normalized spacial score (nSPS) is 11.2. The summed E-state index contributed by atoms with van der Waals surface area (Å²) in [5.74, 6) is 0.630. The fourth-order valence-electron chi connectivity index (χ4n) is 2.30. The van der Waals surface area contributed by atoms with Crippen molar-refractivity contribution in [3.63, 3.8) is 0 Å². The van der Waals surface area contributed by atoms with Gasteiger partial charge in [0.1, 0.15) is 5.75 Å². The summed E-state index contributed by atoms with van der Waals surface area (Å²) in [7, 11) is 1.94. The van der Waals surface area contributed by atoms with Gasteiger partial charge in [-0.3, -0.25) is 0 Å². The number of ether oxygens (including phenoxy) is 1. The molecule has 0 bridgehead atoms. The molecule has 2 rings (SSSR count). The van der Waals surface area contributed by atoms with Crippen LogP contribution in [0.25, 0.3) is 0 Å². The maximum Gasteiger partial charge on any atom is 0.331 e. The minimum Gasteiger partial charge on any atom is -0.495 e. The summed E-state index contributed by atoms with van der Waals surface area (Å²) in [4.78, 5) is 0. The van der Waals surface area contributed by atoms with Crippen molar-refractivity contribution in [1.82, 2.24) is 0 Å². The van der Waals surface area contributed by atoms with E-state index in [1.54, 1.807) is 19.7 Å². The number of hydrogen-bond acceptors (Lipinski definition) is 4. The molecular formula is C17H24BN2O2Si. The van der Waals surface area contributed by atoms with Crippen molar-refractivity contribution in [3.8, 4) is 5.75 Å². The first-order chi connectivity index (χ1) is 10.9. The minimum atomic E-state index is -1.31. The van der Waals surface area contributed by atoms with Crippen molar-refractivity contribution in [2.75, 3.05) is 17.9 Å². The zero-order chi connectivity index (χ0) is 17.0. The minimum absolute atomic E-state index is 0.603. The van der Waals surface area contributed by atoms with E-state index in [9.17, 15) is 0 Å². The van der Waals surface area contributed by atoms with Gasteiger partial charge in [0, 0.05) is 6.07 Å². The van der Waals surface area contributed by atoms with Crippen LogP contribution in [0.5, 0.6) is 5.75 Å². The van der Waals surface area contributed by atoms with E-state index in [1.807, 2.05) is 25.0 Å². The van der Waals surface area contributed by atoms with Gasteiger partial charge in [-0.1, -0.05) is 43.8 Å². The van der Waals surface area contributed by atoms with Gasteiger partial charge in [0.25, 0.3) is 0 Å². The highest BCUT2D eigenvalue weighted by molar-refractivity contribution is 6.88. The van der Waals surface area contributed by atoms with Gasteiger partial charge < -0.3 is 15.2 Å². The predicted molar refractivity (Wildman–Crippen MR) is 102 cm³/mol. The van der Waals surface area contributed by atoms with Gasteiger partial charge >= 0.3 is 7.48 Å². The number of methoxy groups -OCH3 is 1. The zero-order valence-corrected chi connectivity index (χ0v) is 15.5. The molecule has 0 aromatic heterocycles. The van der Waals surface area contributed by atoms with E-state index in [2.05, 4.69) is 43.9 Å². The SMILES string of the molecule is C[B]ON(c1ccc([Si](C)(C)C)cc1)c1ccc(N)c(OC)c1. The third-order valence-corrected chi connectivity index (χ3v) is 5.70. The maximum absolute atomic E-state index is 5.89. The Hall–Kier alpha value is -1.92. The van der Waals surface area contributed by atoms with Gasteiger partial charge in [-0.15, -0.1) is 0 Å². The largest absolute Gasteiger partial charge is 0.495 e. The van der Waals surface area contributed by atoms with E-state index in [-0.39, 0.29) is 0 Å². The van der Waals surface area contributed by atoms with Crippen LogP contribution < -0.4 is 20.7 Å². The van der Waals surface area contributed by atoms with Crippen LogP contribution in [0.1, 0.15) is 0 Å². The van der Waals surface area contributed by atoms with Crippen LogP contribution in [-0.4, -0.2) is 22.7 Å². The molecule has 6 heteroatoms. The smallest absolute Gasteiger partial charge is 0.331 e. The van der Waals surface area contributed by atoms with Gasteiger partial charge in [-0.05, 0) is 24.3 Å². The van der Waals surface area contributed by atoms with Crippen molar-refractivity contribution >= 4 is 37.8 Å². The van der Waals surface area contributed by atoms with E-state index >= 15 is 0 Å². The Morgan fingerprint density at radius 1 is 1.00 bits per heavy atom. The van der Waals surface area contributed by atoms with Crippen molar-refractivity contribution in [3.05, 3.63) is 42.5 Å². The van der Waals surface area contributed by atoms with Crippen LogP contribution in [0.2, 0.25) is 26.5 Å². The molecule has 2 aromatic rings. The Balaban J connectivity index is 2.38. The van der Waals surface area contributed by atoms with Gasteiger partial charge in [0.05, 0.1) is 32.2 Å². The van der Waals surface area contributed by atoms with Gasteiger partial charge in [-0.2, -0.15) is 0 Å². The van der Waals surface area contributed by atoms with Crippen LogP contribution in [-0.2, 0) is 4.76 Å². The molecule has 0 amide bonds. The van der Waals surface area contributed by atoms with E-state index < -0.39 is 8.07 Å². The fourth-order valence-corrected chi connectivity index (χ4v) is 3.47.